The maximum absolute atomic E-state index is 14.4. The Morgan fingerprint density at radius 3 is 2.47 bits per heavy atom. The molecule has 8 heteroatoms. The van der Waals surface area contributed by atoms with Crippen LogP contribution in [0.25, 0.3) is 11.1 Å². The molecule has 0 spiro atoms. The number of fused-ring (bicyclic) bond motifs is 1. The second-order valence-electron chi connectivity index (χ2n) is 8.91. The van der Waals surface area contributed by atoms with Crippen LogP contribution >= 0.6 is 23.2 Å². The fourth-order valence-electron chi connectivity index (χ4n) is 4.67. The van der Waals surface area contributed by atoms with E-state index in [0.29, 0.717) is 33.7 Å². The van der Waals surface area contributed by atoms with Gasteiger partial charge < -0.3 is 15.5 Å². The fraction of sp³-hybridized carbons (Fsp3) is 0.231. The third kappa shape index (κ3) is 4.12. The summed E-state index contributed by atoms with van der Waals surface area (Å²) in [6, 6.07) is 14.5. The topological polar surface area (TPSA) is 66.6 Å². The number of carbonyl (C=O) groups excluding carboxylic acids is 2. The number of amides is 2. The summed E-state index contributed by atoms with van der Waals surface area (Å²) in [6.07, 6.45) is 1.22. The number of hydrogen-bond acceptors (Lipinski definition) is 3. The highest BCUT2D eigenvalue weighted by atomic mass is 35.5. The predicted octanol–water partition coefficient (Wildman–Crippen LogP) is 5.63. The molecular formula is C26H22Cl2FN3O2. The Hall–Kier alpha value is -3.09. The lowest BCUT2D eigenvalue weighted by molar-refractivity contribution is 0.0985. The average Bonchev–Trinajstić information content (AvgIpc) is 3.44. The molecule has 1 aliphatic heterocycles. The van der Waals surface area contributed by atoms with Crippen LogP contribution in [0.2, 0.25) is 10.0 Å². The second kappa shape index (κ2) is 8.60. The van der Waals surface area contributed by atoms with E-state index in [-0.39, 0.29) is 10.6 Å². The number of rotatable bonds is 5. The zero-order valence-corrected chi connectivity index (χ0v) is 19.9. The molecule has 5 nitrogen and oxygen atoms in total. The third-order valence-electron chi connectivity index (χ3n) is 6.68. The van der Waals surface area contributed by atoms with Crippen molar-refractivity contribution in [1.82, 2.24) is 0 Å². The van der Waals surface area contributed by atoms with Crippen LogP contribution in [0.5, 0.6) is 0 Å². The van der Waals surface area contributed by atoms with E-state index in [9.17, 15) is 14.0 Å². The Labute approximate surface area is 206 Å². The van der Waals surface area contributed by atoms with Crippen LogP contribution in [-0.2, 0) is 0 Å². The molecule has 0 bridgehead atoms. The number of piperidine rings is 1. The van der Waals surface area contributed by atoms with Crippen LogP contribution in [0.15, 0.2) is 54.6 Å². The van der Waals surface area contributed by atoms with Gasteiger partial charge in [0.15, 0.2) is 0 Å². The van der Waals surface area contributed by atoms with Crippen molar-refractivity contribution < 1.29 is 14.0 Å². The summed E-state index contributed by atoms with van der Waals surface area (Å²) in [5, 5.41) is 0.774. The van der Waals surface area contributed by atoms with Gasteiger partial charge in [-0.15, -0.1) is 0 Å². The molecule has 34 heavy (non-hydrogen) atoms. The first-order valence-corrected chi connectivity index (χ1v) is 11.7. The monoisotopic (exact) mass is 497 g/mol. The first-order chi connectivity index (χ1) is 16.2. The van der Waals surface area contributed by atoms with Gasteiger partial charge in [-0.1, -0.05) is 29.3 Å². The van der Waals surface area contributed by atoms with Crippen molar-refractivity contribution in [2.24, 2.45) is 17.6 Å². The van der Waals surface area contributed by atoms with E-state index >= 15 is 0 Å². The highest BCUT2D eigenvalue weighted by molar-refractivity contribution is 6.33. The lowest BCUT2D eigenvalue weighted by atomic mass is 10.0. The predicted molar refractivity (Wildman–Crippen MR) is 133 cm³/mol. The van der Waals surface area contributed by atoms with Gasteiger partial charge in [0.2, 0.25) is 5.91 Å². The van der Waals surface area contributed by atoms with Crippen molar-refractivity contribution in [3.63, 3.8) is 0 Å². The molecule has 174 valence electrons. The number of benzene rings is 3. The molecule has 2 amide bonds. The summed E-state index contributed by atoms with van der Waals surface area (Å²) >= 11 is 12.5. The minimum absolute atomic E-state index is 0.0912. The molecule has 1 aliphatic carbocycles. The molecule has 2 N–H and O–H groups in total. The molecule has 3 aromatic rings. The number of nitrogens with zero attached hydrogens (tertiary/aromatic N) is 2. The van der Waals surface area contributed by atoms with E-state index in [4.69, 9.17) is 28.9 Å². The van der Waals surface area contributed by atoms with Crippen molar-refractivity contribution in [2.75, 3.05) is 29.9 Å². The molecule has 1 saturated carbocycles. The van der Waals surface area contributed by atoms with Gasteiger partial charge in [0.1, 0.15) is 5.82 Å². The van der Waals surface area contributed by atoms with Crippen molar-refractivity contribution in [3.8, 4) is 11.1 Å². The molecular weight excluding hydrogens is 476 g/mol. The maximum atomic E-state index is 14.4. The van der Waals surface area contributed by atoms with Crippen molar-refractivity contribution in [3.05, 3.63) is 81.6 Å². The first-order valence-electron chi connectivity index (χ1n) is 10.9. The Morgan fingerprint density at radius 1 is 1.03 bits per heavy atom. The average molecular weight is 498 g/mol. The van der Waals surface area contributed by atoms with Crippen LogP contribution in [0, 0.1) is 17.7 Å². The Bertz CT molecular complexity index is 1320. The maximum Gasteiger partial charge on any atom is 0.261 e. The molecule has 3 aromatic carbocycles. The number of carbonyl (C=O) groups is 2. The minimum atomic E-state index is -0.628. The molecule has 1 saturated heterocycles. The van der Waals surface area contributed by atoms with Gasteiger partial charge in [-0.3, -0.25) is 9.59 Å². The van der Waals surface area contributed by atoms with Crippen LogP contribution in [0.1, 0.15) is 27.1 Å². The van der Waals surface area contributed by atoms with E-state index in [0.717, 1.165) is 24.3 Å². The Balaban J connectivity index is 1.58. The van der Waals surface area contributed by atoms with Crippen molar-refractivity contribution in [2.45, 2.75) is 6.42 Å². The highest BCUT2D eigenvalue weighted by Gasteiger charge is 2.45. The lowest BCUT2D eigenvalue weighted by Crippen LogP contribution is -2.30. The van der Waals surface area contributed by atoms with Crippen molar-refractivity contribution in [1.29, 1.82) is 0 Å². The van der Waals surface area contributed by atoms with Gasteiger partial charge in [-0.25, -0.2) is 4.39 Å². The van der Waals surface area contributed by atoms with E-state index in [2.05, 4.69) is 4.90 Å². The number of halogens is 3. The molecule has 2 aliphatic rings. The van der Waals surface area contributed by atoms with E-state index < -0.39 is 17.6 Å². The summed E-state index contributed by atoms with van der Waals surface area (Å²) in [5.74, 6) is -0.346. The molecule has 1 heterocycles. The molecule has 5 rings (SSSR count). The summed E-state index contributed by atoms with van der Waals surface area (Å²) in [6.45, 7) is 1.79. The Morgan fingerprint density at radius 2 is 1.76 bits per heavy atom. The largest absolute Gasteiger partial charge is 0.369 e. The molecule has 2 atom stereocenters. The number of anilines is 2. The highest BCUT2D eigenvalue weighted by Crippen LogP contribution is 2.48. The van der Waals surface area contributed by atoms with Gasteiger partial charge in [-0.05, 0) is 72.4 Å². The standard InChI is InChI=1S/C26H22Cl2FN3O2/c1-31(26(34)20-11-18(27)4-6-22(20)29)23-7-3-14(10-24(23)32-12-16-8-17(16)13-32)19-9-15(25(30)33)2-5-21(19)28/h2-7,9-11,16-17H,8,12-13H2,1H3,(H2,30,33). The molecule has 0 radical (unpaired) electrons. The van der Waals surface area contributed by atoms with Crippen LogP contribution in [0.4, 0.5) is 15.8 Å². The van der Waals surface area contributed by atoms with E-state index in [1.54, 1.807) is 25.2 Å². The first kappa shape index (κ1) is 22.7. The molecule has 2 unspecified atom stereocenters. The van der Waals surface area contributed by atoms with Gasteiger partial charge in [0.05, 0.1) is 16.9 Å². The molecule has 0 aromatic heterocycles. The second-order valence-corrected chi connectivity index (χ2v) is 9.76. The summed E-state index contributed by atoms with van der Waals surface area (Å²) in [4.78, 5) is 28.6. The zero-order chi connectivity index (χ0) is 24.1. The molecule has 2 fully saturated rings. The lowest BCUT2D eigenvalue weighted by Gasteiger charge is -2.28. The van der Waals surface area contributed by atoms with E-state index in [1.165, 1.54) is 29.5 Å². The Kier molecular flexibility index (Phi) is 5.74. The van der Waals surface area contributed by atoms with Crippen LogP contribution in [0.3, 0.4) is 0 Å². The summed E-state index contributed by atoms with van der Waals surface area (Å²) < 4.78 is 14.4. The number of primary amides is 1. The zero-order valence-electron chi connectivity index (χ0n) is 18.4. The SMILES string of the molecule is CN(C(=O)c1cc(Cl)ccc1F)c1ccc(-c2cc(C(N)=O)ccc2Cl)cc1N1CC2CC2C1. The summed E-state index contributed by atoms with van der Waals surface area (Å²) in [7, 11) is 1.62. The van der Waals surface area contributed by atoms with E-state index in [1.807, 2.05) is 18.2 Å². The quantitative estimate of drug-likeness (QED) is 0.496. The van der Waals surface area contributed by atoms with Crippen LogP contribution < -0.4 is 15.5 Å². The van der Waals surface area contributed by atoms with Gasteiger partial charge in [0, 0.05) is 41.3 Å². The van der Waals surface area contributed by atoms with Crippen molar-refractivity contribution >= 4 is 46.4 Å². The van der Waals surface area contributed by atoms with Crippen LogP contribution in [-0.4, -0.2) is 32.0 Å². The number of nitrogens with two attached hydrogens (primary N) is 1. The fourth-order valence-corrected chi connectivity index (χ4v) is 5.07. The number of hydrogen-bond donors (Lipinski definition) is 1. The van der Waals surface area contributed by atoms with Gasteiger partial charge in [0.25, 0.3) is 5.91 Å². The van der Waals surface area contributed by atoms with Gasteiger partial charge >= 0.3 is 0 Å². The minimum Gasteiger partial charge on any atom is -0.369 e. The summed E-state index contributed by atoms with van der Waals surface area (Å²) in [5.41, 5.74) is 8.69. The smallest absolute Gasteiger partial charge is 0.261 e. The normalized spacial score (nSPS) is 18.5. The third-order valence-corrected chi connectivity index (χ3v) is 7.25. The van der Waals surface area contributed by atoms with Gasteiger partial charge in [-0.2, -0.15) is 0 Å².